The highest BCUT2D eigenvalue weighted by molar-refractivity contribution is 5.57. The number of nitrogens with two attached hydrogens (primary N) is 1. The van der Waals surface area contributed by atoms with Crippen LogP contribution in [0.1, 0.15) is 0 Å². The molecule has 0 spiro atoms. The van der Waals surface area contributed by atoms with E-state index >= 15 is 0 Å². The lowest BCUT2D eigenvalue weighted by Gasteiger charge is -2.04. The summed E-state index contributed by atoms with van der Waals surface area (Å²) < 4.78 is 0. The highest BCUT2D eigenvalue weighted by Crippen LogP contribution is 2.06. The fourth-order valence-electron chi connectivity index (χ4n) is 0.638. The van der Waals surface area contributed by atoms with E-state index in [0.717, 1.165) is 0 Å². The van der Waals surface area contributed by atoms with Crippen LogP contribution in [0.15, 0.2) is 11.1 Å². The van der Waals surface area contributed by atoms with E-state index < -0.39 is 5.56 Å². The van der Waals surface area contributed by atoms with Crippen LogP contribution in [-0.4, -0.2) is 16.6 Å². The van der Waals surface area contributed by atoms with Gasteiger partial charge in [-0.1, -0.05) is 5.92 Å². The monoisotopic (exact) mass is 180 g/mol. The smallest absolute Gasteiger partial charge is 0.276 e. The van der Waals surface area contributed by atoms with Gasteiger partial charge in [0.25, 0.3) is 5.56 Å². The van der Waals surface area contributed by atoms with Crippen molar-refractivity contribution in [3.63, 3.8) is 0 Å². The summed E-state index contributed by atoms with van der Waals surface area (Å²) in [6.07, 6.45) is 6.13. The molecule has 1 aromatic heterocycles. The third-order valence-electron chi connectivity index (χ3n) is 1.21. The molecule has 13 heavy (non-hydrogen) atoms. The number of nitrogens with one attached hydrogen (secondary N) is 2. The van der Waals surface area contributed by atoms with Crippen molar-refractivity contribution in [3.05, 3.63) is 16.7 Å². The first-order valence-corrected chi connectivity index (χ1v) is 3.40. The molecule has 0 amide bonds. The molecule has 6 heteroatoms. The van der Waals surface area contributed by atoms with Crippen molar-refractivity contribution >= 4 is 11.5 Å². The molecule has 1 rings (SSSR count). The Hall–Kier alpha value is -2.00. The number of terminal acetylenes is 1. The zero-order valence-corrected chi connectivity index (χ0v) is 6.70. The SMILES string of the molecule is C#CCONc1nc[nH]c(=O)c1N. The van der Waals surface area contributed by atoms with Gasteiger partial charge in [-0.15, -0.1) is 6.42 Å². The van der Waals surface area contributed by atoms with Gasteiger partial charge in [0.05, 0.1) is 6.33 Å². The standard InChI is InChI=1S/C7H8N4O2/c1-2-3-13-11-6-5(8)7(12)10-4-9-6/h1,4H,3,8H2,(H2,9,10,11,12). The minimum Gasteiger partial charge on any atom is -0.391 e. The Morgan fingerprint density at radius 3 is 3.31 bits per heavy atom. The van der Waals surface area contributed by atoms with Crippen molar-refractivity contribution in [2.24, 2.45) is 0 Å². The van der Waals surface area contributed by atoms with E-state index in [-0.39, 0.29) is 18.1 Å². The predicted octanol–water partition coefficient (Wildman–Crippen LogP) is -0.671. The van der Waals surface area contributed by atoms with Gasteiger partial charge in [-0.2, -0.15) is 0 Å². The molecule has 6 nitrogen and oxygen atoms in total. The number of aromatic amines is 1. The van der Waals surface area contributed by atoms with Crippen molar-refractivity contribution < 1.29 is 4.84 Å². The molecular formula is C7H8N4O2. The van der Waals surface area contributed by atoms with Crippen LogP contribution < -0.4 is 16.8 Å². The Balaban J connectivity index is 2.73. The van der Waals surface area contributed by atoms with Crippen LogP contribution in [0.25, 0.3) is 0 Å². The molecule has 0 aromatic carbocycles. The maximum atomic E-state index is 10.9. The molecule has 0 aliphatic heterocycles. The summed E-state index contributed by atoms with van der Waals surface area (Å²) in [6, 6.07) is 0. The molecule has 0 fully saturated rings. The van der Waals surface area contributed by atoms with E-state index in [9.17, 15) is 4.79 Å². The minimum atomic E-state index is -0.429. The number of hydrogen-bond donors (Lipinski definition) is 3. The predicted molar refractivity (Wildman–Crippen MR) is 47.7 cm³/mol. The Bertz CT molecular complexity index is 379. The lowest BCUT2D eigenvalue weighted by molar-refractivity contribution is 0.232. The number of nitrogen functional groups attached to an aromatic ring is 1. The molecule has 1 aromatic rings. The molecule has 0 aliphatic rings. The molecule has 0 aliphatic carbocycles. The highest BCUT2D eigenvalue weighted by Gasteiger charge is 2.02. The summed E-state index contributed by atoms with van der Waals surface area (Å²) in [5.74, 6) is 2.38. The first-order valence-electron chi connectivity index (χ1n) is 3.40. The minimum absolute atomic E-state index is 0.0421. The normalized spacial score (nSPS) is 9.15. The van der Waals surface area contributed by atoms with Crippen LogP contribution >= 0.6 is 0 Å². The van der Waals surface area contributed by atoms with Gasteiger partial charge >= 0.3 is 0 Å². The highest BCUT2D eigenvalue weighted by atomic mass is 16.6. The van der Waals surface area contributed by atoms with Crippen LogP contribution in [0.5, 0.6) is 0 Å². The third-order valence-corrected chi connectivity index (χ3v) is 1.21. The van der Waals surface area contributed by atoms with Crippen molar-refractivity contribution in [2.75, 3.05) is 17.8 Å². The lowest BCUT2D eigenvalue weighted by Crippen LogP contribution is -2.16. The Labute approximate surface area is 74.1 Å². The van der Waals surface area contributed by atoms with Crippen LogP contribution in [0.4, 0.5) is 11.5 Å². The molecular weight excluding hydrogens is 172 g/mol. The van der Waals surface area contributed by atoms with Gasteiger partial charge < -0.3 is 10.7 Å². The summed E-state index contributed by atoms with van der Waals surface area (Å²) in [6.45, 7) is 0.0634. The molecule has 0 saturated heterocycles. The van der Waals surface area contributed by atoms with Gasteiger partial charge in [0, 0.05) is 0 Å². The van der Waals surface area contributed by atoms with Crippen molar-refractivity contribution in [1.82, 2.24) is 9.97 Å². The fourth-order valence-corrected chi connectivity index (χ4v) is 0.638. The van der Waals surface area contributed by atoms with E-state index in [4.69, 9.17) is 17.0 Å². The number of hydrogen-bond acceptors (Lipinski definition) is 5. The summed E-state index contributed by atoms with van der Waals surface area (Å²) in [5.41, 5.74) is 7.25. The van der Waals surface area contributed by atoms with Crippen LogP contribution in [0.3, 0.4) is 0 Å². The second kappa shape index (κ2) is 4.13. The number of anilines is 2. The van der Waals surface area contributed by atoms with Crippen molar-refractivity contribution in [1.29, 1.82) is 0 Å². The molecule has 4 N–H and O–H groups in total. The van der Waals surface area contributed by atoms with E-state index in [2.05, 4.69) is 21.4 Å². The van der Waals surface area contributed by atoms with Gasteiger partial charge in [-0.05, 0) is 0 Å². The van der Waals surface area contributed by atoms with Gasteiger partial charge in [0.1, 0.15) is 12.3 Å². The number of H-pyrrole nitrogens is 1. The molecule has 0 atom stereocenters. The molecule has 1 heterocycles. The average molecular weight is 180 g/mol. The van der Waals surface area contributed by atoms with Crippen molar-refractivity contribution in [2.45, 2.75) is 0 Å². The second-order valence-electron chi connectivity index (χ2n) is 2.09. The first-order chi connectivity index (χ1) is 6.25. The summed E-state index contributed by atoms with van der Waals surface area (Å²) in [5, 5.41) is 0. The van der Waals surface area contributed by atoms with Crippen LogP contribution in [0.2, 0.25) is 0 Å². The maximum Gasteiger partial charge on any atom is 0.276 e. The zero-order valence-electron chi connectivity index (χ0n) is 6.70. The molecule has 68 valence electrons. The maximum absolute atomic E-state index is 10.9. The number of rotatable bonds is 3. The molecule has 0 bridgehead atoms. The lowest BCUT2D eigenvalue weighted by atomic mass is 10.5. The van der Waals surface area contributed by atoms with Crippen LogP contribution in [0, 0.1) is 12.3 Å². The Morgan fingerprint density at radius 2 is 2.62 bits per heavy atom. The number of nitrogens with zero attached hydrogens (tertiary/aromatic N) is 1. The molecule has 0 unspecified atom stereocenters. The van der Waals surface area contributed by atoms with Gasteiger partial charge in [-0.25, -0.2) is 10.5 Å². The van der Waals surface area contributed by atoms with Crippen molar-refractivity contribution in [3.8, 4) is 12.3 Å². The number of aromatic nitrogens is 2. The second-order valence-corrected chi connectivity index (χ2v) is 2.09. The fraction of sp³-hybridized carbons (Fsp3) is 0.143. The summed E-state index contributed by atoms with van der Waals surface area (Å²) in [4.78, 5) is 21.7. The van der Waals surface area contributed by atoms with Crippen LogP contribution in [-0.2, 0) is 4.84 Å². The largest absolute Gasteiger partial charge is 0.391 e. The Kier molecular flexibility index (Phi) is 2.89. The summed E-state index contributed by atoms with van der Waals surface area (Å²) >= 11 is 0. The van der Waals surface area contributed by atoms with Gasteiger partial charge in [-0.3, -0.25) is 9.63 Å². The van der Waals surface area contributed by atoms with Gasteiger partial charge in [0.2, 0.25) is 0 Å². The molecule has 0 radical (unpaired) electrons. The summed E-state index contributed by atoms with van der Waals surface area (Å²) in [7, 11) is 0. The Morgan fingerprint density at radius 1 is 1.85 bits per heavy atom. The van der Waals surface area contributed by atoms with E-state index in [1.54, 1.807) is 0 Å². The first kappa shape index (κ1) is 9.09. The van der Waals surface area contributed by atoms with Gasteiger partial charge in [0.15, 0.2) is 5.82 Å². The van der Waals surface area contributed by atoms with E-state index in [1.807, 2.05) is 0 Å². The third kappa shape index (κ3) is 2.21. The van der Waals surface area contributed by atoms with E-state index in [0.29, 0.717) is 0 Å². The zero-order chi connectivity index (χ0) is 9.68. The molecule has 0 saturated carbocycles. The topological polar surface area (TPSA) is 93.0 Å². The average Bonchev–Trinajstić information content (AvgIpc) is 2.13. The quantitative estimate of drug-likeness (QED) is 0.326. The van der Waals surface area contributed by atoms with E-state index in [1.165, 1.54) is 6.33 Å².